The summed E-state index contributed by atoms with van der Waals surface area (Å²) >= 11 is 5.37. The van der Waals surface area contributed by atoms with E-state index in [4.69, 9.17) is 17.3 Å². The van der Waals surface area contributed by atoms with Gasteiger partial charge in [-0.2, -0.15) is 0 Å². The van der Waals surface area contributed by atoms with Crippen LogP contribution in [0.4, 0.5) is 0 Å². The van der Waals surface area contributed by atoms with E-state index in [1.807, 2.05) is 25.3 Å². The Morgan fingerprint density at radius 3 is 3.08 bits per heavy atom. The topological polar surface area (TPSA) is 54.2 Å². The number of hydrogen-bond acceptors (Lipinski definition) is 1. The van der Waals surface area contributed by atoms with Crippen LogP contribution >= 0.6 is 11.6 Å². The third-order valence-corrected chi connectivity index (χ3v) is 1.53. The van der Waals surface area contributed by atoms with Crippen molar-refractivity contribution in [2.45, 2.75) is 6.92 Å². The van der Waals surface area contributed by atoms with Crippen LogP contribution in [0.5, 0.6) is 0 Å². The molecule has 0 bridgehead atoms. The van der Waals surface area contributed by atoms with Crippen LogP contribution in [0.25, 0.3) is 12.3 Å². The molecule has 64 valence electrons. The Morgan fingerprint density at radius 1 is 1.75 bits per heavy atom. The summed E-state index contributed by atoms with van der Waals surface area (Å²) in [4.78, 5) is 6.81. The van der Waals surface area contributed by atoms with Crippen LogP contribution in [0, 0.1) is 0 Å². The molecule has 0 aliphatic heterocycles. The highest BCUT2D eigenvalue weighted by Crippen LogP contribution is 1.76. The van der Waals surface area contributed by atoms with Gasteiger partial charge in [0.2, 0.25) is 0 Å². The number of halogens is 1. The maximum Gasteiger partial charge on any atom is 0.193 e. The monoisotopic (exact) mass is 183 g/mol. The lowest BCUT2D eigenvalue weighted by Gasteiger charge is -1.80. The van der Waals surface area contributed by atoms with Gasteiger partial charge in [-0.25, -0.2) is 4.99 Å². The minimum Gasteiger partial charge on any atom is -0.374 e. The molecule has 3 nitrogen and oxygen atoms in total. The van der Waals surface area contributed by atoms with Gasteiger partial charge in [0.15, 0.2) is 5.29 Å². The number of amidine groups is 1. The van der Waals surface area contributed by atoms with E-state index in [0.29, 0.717) is 0 Å². The highest BCUT2D eigenvalue weighted by molar-refractivity contribution is 6.64. The van der Waals surface area contributed by atoms with Crippen molar-refractivity contribution in [2.75, 3.05) is 0 Å². The Labute approximate surface area is 75.3 Å². The van der Waals surface area contributed by atoms with Crippen LogP contribution in [-0.4, -0.2) is 10.3 Å². The summed E-state index contributed by atoms with van der Waals surface area (Å²) in [5, 5.41) is 2.02. The average Bonchev–Trinajstić information content (AvgIpc) is 2.47. The lowest BCUT2D eigenvalue weighted by molar-refractivity contribution is 1.31. The van der Waals surface area contributed by atoms with Crippen LogP contribution in [-0.2, 0) is 0 Å². The zero-order valence-electron chi connectivity index (χ0n) is 6.71. The van der Waals surface area contributed by atoms with E-state index in [0.717, 1.165) is 10.6 Å². The average molecular weight is 184 g/mol. The lowest BCUT2D eigenvalue weighted by Crippen LogP contribution is -2.21. The summed E-state index contributed by atoms with van der Waals surface area (Å²) in [7, 11) is 0. The summed E-state index contributed by atoms with van der Waals surface area (Å²) in [5.41, 5.74) is 5.16. The smallest absolute Gasteiger partial charge is 0.193 e. The molecule has 0 atom stereocenters. The van der Waals surface area contributed by atoms with Crippen molar-refractivity contribution in [1.82, 2.24) is 4.98 Å². The van der Waals surface area contributed by atoms with Crippen molar-refractivity contribution in [3.63, 3.8) is 0 Å². The van der Waals surface area contributed by atoms with Crippen molar-refractivity contribution < 1.29 is 0 Å². The molecule has 3 N–H and O–H groups in total. The molecule has 0 radical (unpaired) electrons. The van der Waals surface area contributed by atoms with Gasteiger partial charge in [0.25, 0.3) is 0 Å². The first-order valence-corrected chi connectivity index (χ1v) is 3.90. The van der Waals surface area contributed by atoms with Gasteiger partial charge in [0, 0.05) is 23.0 Å². The maximum atomic E-state index is 5.37. The fraction of sp³-hybridized carbons (Fsp3) is 0.125. The molecule has 0 saturated carbocycles. The quantitative estimate of drug-likeness (QED) is 0.362. The number of rotatable bonds is 1. The van der Waals surface area contributed by atoms with Crippen molar-refractivity contribution >= 4 is 29.2 Å². The molecule has 0 aliphatic rings. The van der Waals surface area contributed by atoms with E-state index >= 15 is 0 Å². The van der Waals surface area contributed by atoms with Crippen LogP contribution in [0.1, 0.15) is 6.92 Å². The number of aliphatic imine (C=N–C) groups is 1. The highest BCUT2D eigenvalue weighted by Gasteiger charge is 1.83. The van der Waals surface area contributed by atoms with Gasteiger partial charge in [-0.1, -0.05) is 6.08 Å². The second kappa shape index (κ2) is 3.97. The van der Waals surface area contributed by atoms with Crippen LogP contribution < -0.4 is 16.3 Å². The normalized spacial score (nSPS) is 15.7. The number of hydrogen-bond donors (Lipinski definition) is 2. The molecular formula is C8H10ClN3. The first-order valence-electron chi connectivity index (χ1n) is 3.52. The maximum absolute atomic E-state index is 5.37. The Bertz CT molecular complexity index is 385. The van der Waals surface area contributed by atoms with E-state index in [-0.39, 0.29) is 5.29 Å². The van der Waals surface area contributed by atoms with Crippen molar-refractivity contribution in [1.29, 1.82) is 0 Å². The van der Waals surface area contributed by atoms with E-state index in [1.165, 1.54) is 0 Å². The van der Waals surface area contributed by atoms with Crippen molar-refractivity contribution in [3.8, 4) is 0 Å². The minimum absolute atomic E-state index is 0.0400. The zero-order chi connectivity index (χ0) is 8.97. The Balaban J connectivity index is 3.20. The molecular weight excluding hydrogens is 174 g/mol. The van der Waals surface area contributed by atoms with Gasteiger partial charge >= 0.3 is 0 Å². The molecule has 1 aromatic rings. The summed E-state index contributed by atoms with van der Waals surface area (Å²) in [6.45, 7) is 1.94. The second-order valence-corrected chi connectivity index (χ2v) is 2.60. The first kappa shape index (κ1) is 8.87. The van der Waals surface area contributed by atoms with Gasteiger partial charge in [-0.05, 0) is 24.6 Å². The van der Waals surface area contributed by atoms with Crippen molar-refractivity contribution in [3.05, 3.63) is 22.8 Å². The van der Waals surface area contributed by atoms with Gasteiger partial charge in [-0.3, -0.25) is 0 Å². The fourth-order valence-electron chi connectivity index (χ4n) is 0.888. The molecule has 0 spiro atoms. The Hall–Kier alpha value is -1.22. The summed E-state index contributed by atoms with van der Waals surface area (Å²) in [5.74, 6) is 0. The Kier molecular flexibility index (Phi) is 2.94. The minimum atomic E-state index is 0.0400. The lowest BCUT2D eigenvalue weighted by atomic mass is 10.4. The number of aromatic amines is 1. The standard InChI is InChI=1S/C8H10ClN3/c1-2-7-6(3-4-11-7)5-12-8(9)10/h2-5,11H,1H3,(H2,10,12)/b6-5-,7-2+. The number of nitrogens with zero attached hydrogens (tertiary/aromatic N) is 1. The van der Waals surface area contributed by atoms with Gasteiger partial charge in [0.05, 0.1) is 0 Å². The van der Waals surface area contributed by atoms with Gasteiger partial charge in [-0.15, -0.1) is 0 Å². The van der Waals surface area contributed by atoms with Crippen molar-refractivity contribution in [2.24, 2.45) is 10.7 Å². The predicted octanol–water partition coefficient (Wildman–Crippen LogP) is 0.107. The van der Waals surface area contributed by atoms with Gasteiger partial charge < -0.3 is 10.7 Å². The SMILES string of the molecule is C/C=c1/[nH]cc/c1=C/N=C(\N)Cl. The van der Waals surface area contributed by atoms with E-state index in [9.17, 15) is 0 Å². The van der Waals surface area contributed by atoms with E-state index < -0.39 is 0 Å². The summed E-state index contributed by atoms with van der Waals surface area (Å²) < 4.78 is 0. The van der Waals surface area contributed by atoms with Crippen LogP contribution in [0.15, 0.2) is 17.3 Å². The second-order valence-electron chi connectivity index (χ2n) is 2.22. The first-order chi connectivity index (χ1) is 5.74. The molecule has 0 fully saturated rings. The third-order valence-electron chi connectivity index (χ3n) is 1.43. The Morgan fingerprint density at radius 2 is 2.50 bits per heavy atom. The molecule has 12 heavy (non-hydrogen) atoms. The van der Waals surface area contributed by atoms with E-state index in [2.05, 4.69) is 9.98 Å². The number of aromatic nitrogens is 1. The summed E-state index contributed by atoms with van der Waals surface area (Å²) in [6.07, 6.45) is 5.40. The number of nitrogens with one attached hydrogen (secondary N) is 1. The summed E-state index contributed by atoms with van der Waals surface area (Å²) in [6, 6.07) is 1.90. The fourth-order valence-corrected chi connectivity index (χ4v) is 0.937. The molecule has 0 unspecified atom stereocenters. The van der Waals surface area contributed by atoms with Crippen LogP contribution in [0.2, 0.25) is 0 Å². The molecule has 1 aromatic heterocycles. The zero-order valence-corrected chi connectivity index (χ0v) is 7.47. The largest absolute Gasteiger partial charge is 0.374 e. The number of H-pyrrole nitrogens is 1. The predicted molar refractivity (Wildman–Crippen MR) is 52.1 cm³/mol. The van der Waals surface area contributed by atoms with E-state index in [1.54, 1.807) is 6.20 Å². The molecule has 1 heterocycles. The molecule has 0 amide bonds. The molecule has 0 aliphatic carbocycles. The number of nitrogens with two attached hydrogens (primary N) is 1. The third kappa shape index (κ3) is 2.13. The molecule has 4 heteroatoms. The van der Waals surface area contributed by atoms with Crippen LogP contribution in [0.3, 0.4) is 0 Å². The highest BCUT2D eigenvalue weighted by atomic mass is 35.5. The molecule has 0 saturated heterocycles. The molecule has 0 aromatic carbocycles. The van der Waals surface area contributed by atoms with Gasteiger partial charge in [0.1, 0.15) is 0 Å². The molecule has 1 rings (SSSR count).